The maximum atomic E-state index is 5.34. The van der Waals surface area contributed by atoms with E-state index in [0.717, 1.165) is 12.0 Å². The van der Waals surface area contributed by atoms with Gasteiger partial charge in [0.25, 0.3) is 0 Å². The average Bonchev–Trinajstić information content (AvgIpc) is 2.61. The van der Waals surface area contributed by atoms with Crippen LogP contribution in [0.5, 0.6) is 5.88 Å². The Labute approximate surface area is 76.3 Å². The zero-order valence-corrected chi connectivity index (χ0v) is 7.29. The van der Waals surface area contributed by atoms with Gasteiger partial charge in [0.2, 0.25) is 11.8 Å². The molecule has 0 unspecified atom stereocenters. The van der Waals surface area contributed by atoms with E-state index >= 15 is 0 Å². The summed E-state index contributed by atoms with van der Waals surface area (Å²) < 4.78 is 5.30. The van der Waals surface area contributed by atoms with Crippen LogP contribution in [0.3, 0.4) is 0 Å². The van der Waals surface area contributed by atoms with Gasteiger partial charge in [0.15, 0.2) is 0 Å². The lowest BCUT2D eigenvalue weighted by atomic mass is 10.3. The first-order chi connectivity index (χ1) is 6.40. The molecule has 13 heavy (non-hydrogen) atoms. The summed E-state index contributed by atoms with van der Waals surface area (Å²) in [7, 11) is 0. The maximum absolute atomic E-state index is 5.34. The zero-order chi connectivity index (χ0) is 9.10. The molecule has 0 spiro atoms. The predicted octanol–water partition coefficient (Wildman–Crippen LogP) is -0.218. The van der Waals surface area contributed by atoms with E-state index < -0.39 is 0 Å². The molecule has 0 saturated heterocycles. The molecule has 0 radical (unpaired) electrons. The van der Waals surface area contributed by atoms with Crippen LogP contribution in [-0.2, 0) is 6.42 Å². The number of rotatable bonds is 3. The molecule has 0 fully saturated rings. The van der Waals surface area contributed by atoms with Gasteiger partial charge in [-0.1, -0.05) is 0 Å². The molecule has 5 heteroatoms. The number of hydrogen-bond acceptors (Lipinski definition) is 5. The first kappa shape index (κ1) is 8.25. The summed E-state index contributed by atoms with van der Waals surface area (Å²) in [5.74, 6) is 1.29. The molecule has 0 bridgehead atoms. The minimum atomic E-state index is 0.571. The van der Waals surface area contributed by atoms with Crippen molar-refractivity contribution in [3.8, 4) is 5.88 Å². The van der Waals surface area contributed by atoms with Crippen LogP contribution in [0.25, 0.3) is 0 Å². The highest BCUT2D eigenvalue weighted by molar-refractivity contribution is 5.35. The van der Waals surface area contributed by atoms with Gasteiger partial charge in [-0.2, -0.15) is 4.98 Å². The number of hydrogen-bond donors (Lipinski definition) is 2. The molecule has 1 aromatic rings. The van der Waals surface area contributed by atoms with Crippen molar-refractivity contribution in [1.82, 2.24) is 9.97 Å². The predicted molar refractivity (Wildman–Crippen MR) is 48.8 cm³/mol. The summed E-state index contributed by atoms with van der Waals surface area (Å²) >= 11 is 0. The van der Waals surface area contributed by atoms with Gasteiger partial charge in [-0.3, -0.25) is 0 Å². The van der Waals surface area contributed by atoms with Crippen molar-refractivity contribution in [1.29, 1.82) is 0 Å². The molecule has 2 heterocycles. The Kier molecular flexibility index (Phi) is 2.27. The number of aromatic nitrogens is 2. The molecular formula is C8H12N4O. The first-order valence-corrected chi connectivity index (χ1v) is 4.33. The number of nitrogens with two attached hydrogens (primary N) is 1. The third-order valence-corrected chi connectivity index (χ3v) is 1.86. The summed E-state index contributed by atoms with van der Waals surface area (Å²) in [4.78, 5) is 8.32. The van der Waals surface area contributed by atoms with E-state index in [4.69, 9.17) is 10.5 Å². The molecule has 70 valence electrons. The quantitative estimate of drug-likeness (QED) is 0.673. The Balaban J connectivity index is 2.12. The number of nitrogens with zero attached hydrogens (tertiary/aromatic N) is 2. The van der Waals surface area contributed by atoms with Gasteiger partial charge in [-0.05, 0) is 0 Å². The second kappa shape index (κ2) is 3.57. The van der Waals surface area contributed by atoms with E-state index in [9.17, 15) is 0 Å². The summed E-state index contributed by atoms with van der Waals surface area (Å²) in [6.45, 7) is 1.96. The van der Waals surface area contributed by atoms with Crippen LogP contribution in [0.1, 0.15) is 5.56 Å². The third-order valence-electron chi connectivity index (χ3n) is 1.86. The van der Waals surface area contributed by atoms with E-state index in [-0.39, 0.29) is 0 Å². The maximum Gasteiger partial charge on any atom is 0.226 e. The Morgan fingerprint density at radius 3 is 3.38 bits per heavy atom. The molecule has 0 saturated carbocycles. The molecule has 0 aromatic carbocycles. The molecule has 5 nitrogen and oxygen atoms in total. The highest BCUT2D eigenvalue weighted by Gasteiger charge is 2.14. The van der Waals surface area contributed by atoms with Crippen LogP contribution in [0, 0.1) is 0 Å². The molecule has 0 amide bonds. The first-order valence-electron chi connectivity index (χ1n) is 4.33. The Morgan fingerprint density at radius 1 is 1.62 bits per heavy atom. The van der Waals surface area contributed by atoms with Crippen molar-refractivity contribution in [2.24, 2.45) is 5.73 Å². The average molecular weight is 180 g/mol. The lowest BCUT2D eigenvalue weighted by Gasteiger charge is -2.03. The largest absolute Gasteiger partial charge is 0.477 e. The molecule has 1 aromatic heterocycles. The molecule has 0 atom stereocenters. The van der Waals surface area contributed by atoms with E-state index in [1.807, 2.05) is 0 Å². The van der Waals surface area contributed by atoms with E-state index in [0.29, 0.717) is 31.5 Å². The Hall–Kier alpha value is -1.36. The van der Waals surface area contributed by atoms with Crippen molar-refractivity contribution in [2.45, 2.75) is 6.42 Å². The van der Waals surface area contributed by atoms with Crippen molar-refractivity contribution in [3.63, 3.8) is 0 Å². The molecular weight excluding hydrogens is 168 g/mol. The highest BCUT2D eigenvalue weighted by atomic mass is 16.5. The fraction of sp³-hybridized carbons (Fsp3) is 0.500. The van der Waals surface area contributed by atoms with Crippen LogP contribution >= 0.6 is 0 Å². The number of nitrogens with one attached hydrogen (secondary N) is 1. The van der Waals surface area contributed by atoms with Crippen LogP contribution in [0.4, 0.5) is 5.95 Å². The minimum Gasteiger partial charge on any atom is -0.477 e. The van der Waals surface area contributed by atoms with E-state index in [2.05, 4.69) is 15.3 Å². The fourth-order valence-electron chi connectivity index (χ4n) is 1.21. The van der Waals surface area contributed by atoms with Gasteiger partial charge in [0.05, 0.1) is 6.61 Å². The lowest BCUT2D eigenvalue weighted by molar-refractivity contribution is 0.345. The molecule has 3 N–H and O–H groups in total. The second-order valence-electron chi connectivity index (χ2n) is 2.84. The van der Waals surface area contributed by atoms with E-state index in [1.54, 1.807) is 6.20 Å². The monoisotopic (exact) mass is 180 g/mol. The van der Waals surface area contributed by atoms with Crippen molar-refractivity contribution < 1.29 is 4.74 Å². The molecule has 2 rings (SSSR count). The normalized spacial score (nSPS) is 13.6. The smallest absolute Gasteiger partial charge is 0.226 e. The van der Waals surface area contributed by atoms with Crippen molar-refractivity contribution in [2.75, 3.05) is 25.0 Å². The topological polar surface area (TPSA) is 73.1 Å². The van der Waals surface area contributed by atoms with Crippen LogP contribution in [0.15, 0.2) is 6.20 Å². The van der Waals surface area contributed by atoms with Gasteiger partial charge in [-0.15, -0.1) is 0 Å². The number of ether oxygens (including phenoxy) is 1. The van der Waals surface area contributed by atoms with Crippen molar-refractivity contribution >= 4 is 5.95 Å². The minimum absolute atomic E-state index is 0.571. The van der Waals surface area contributed by atoms with Gasteiger partial charge in [-0.25, -0.2) is 4.98 Å². The molecule has 0 aliphatic carbocycles. The summed E-state index contributed by atoms with van der Waals surface area (Å²) in [5.41, 5.74) is 6.42. The molecule has 1 aliphatic rings. The lowest BCUT2D eigenvalue weighted by Crippen LogP contribution is -2.14. The van der Waals surface area contributed by atoms with Gasteiger partial charge in [0.1, 0.15) is 0 Å². The molecule has 1 aliphatic heterocycles. The summed E-state index contributed by atoms with van der Waals surface area (Å²) in [6.07, 6.45) is 2.71. The summed E-state index contributed by atoms with van der Waals surface area (Å²) in [5, 5.41) is 3.00. The fourth-order valence-corrected chi connectivity index (χ4v) is 1.21. The van der Waals surface area contributed by atoms with Crippen molar-refractivity contribution in [3.05, 3.63) is 11.8 Å². The Morgan fingerprint density at radius 2 is 2.54 bits per heavy atom. The SMILES string of the molecule is NCCNc1ncc2c(n1)OCC2. The number of anilines is 1. The summed E-state index contributed by atoms with van der Waals surface area (Å²) in [6, 6.07) is 0. The zero-order valence-electron chi connectivity index (χ0n) is 7.29. The highest BCUT2D eigenvalue weighted by Crippen LogP contribution is 2.22. The van der Waals surface area contributed by atoms with Gasteiger partial charge in [0, 0.05) is 31.3 Å². The third kappa shape index (κ3) is 1.70. The second-order valence-corrected chi connectivity index (χ2v) is 2.84. The van der Waals surface area contributed by atoms with Gasteiger partial charge >= 0.3 is 0 Å². The van der Waals surface area contributed by atoms with Gasteiger partial charge < -0.3 is 15.8 Å². The van der Waals surface area contributed by atoms with Crippen LogP contribution in [-0.4, -0.2) is 29.7 Å². The van der Waals surface area contributed by atoms with Crippen LogP contribution in [0.2, 0.25) is 0 Å². The standard InChI is InChI=1S/C8H12N4O/c9-2-3-10-8-11-5-6-1-4-13-7(6)12-8/h5H,1-4,9H2,(H,10,11,12). The van der Waals surface area contributed by atoms with E-state index in [1.165, 1.54) is 0 Å². The number of fused-ring (bicyclic) bond motifs is 1. The van der Waals surface area contributed by atoms with Crippen LogP contribution < -0.4 is 15.8 Å². The Bertz CT molecular complexity index is 302.